The van der Waals surface area contributed by atoms with E-state index in [4.69, 9.17) is 28.9 Å². The summed E-state index contributed by atoms with van der Waals surface area (Å²) in [5, 5.41) is 5.10. The van der Waals surface area contributed by atoms with E-state index in [1.807, 2.05) is 49.7 Å². The fourth-order valence-corrected chi connectivity index (χ4v) is 6.68. The third kappa shape index (κ3) is 7.67. The number of ether oxygens (including phenoxy) is 4. The van der Waals surface area contributed by atoms with Crippen LogP contribution in [0.4, 0.5) is 4.39 Å². The van der Waals surface area contributed by atoms with Crippen molar-refractivity contribution in [1.82, 2.24) is 29.2 Å². The van der Waals surface area contributed by atoms with E-state index in [2.05, 4.69) is 20.6 Å². The van der Waals surface area contributed by atoms with Gasteiger partial charge in [0.05, 0.1) is 60.7 Å². The fraction of sp³-hybridized carbons (Fsp3) is 0.474. The number of likely N-dealkylation sites (tertiary alicyclic amines) is 1. The van der Waals surface area contributed by atoms with Crippen LogP contribution >= 0.6 is 0 Å². The van der Waals surface area contributed by atoms with Gasteiger partial charge in [0.15, 0.2) is 0 Å². The zero-order valence-electron chi connectivity index (χ0n) is 29.2. The smallest absolute Gasteiger partial charge is 0.338 e. The Labute approximate surface area is 291 Å². The van der Waals surface area contributed by atoms with Crippen molar-refractivity contribution >= 4 is 27.9 Å². The molecule has 12 heteroatoms. The Bertz CT molecular complexity index is 1970. The maximum absolute atomic E-state index is 14.9. The highest BCUT2D eigenvalue weighted by molar-refractivity contribution is 5.94. The van der Waals surface area contributed by atoms with Gasteiger partial charge in [0.1, 0.15) is 23.8 Å². The molecular formula is C38H45FN6O5. The monoisotopic (exact) mass is 684 g/mol. The molecule has 0 spiro atoms. The zero-order valence-corrected chi connectivity index (χ0v) is 29.2. The highest BCUT2D eigenvalue weighted by Crippen LogP contribution is 2.30. The summed E-state index contributed by atoms with van der Waals surface area (Å²) in [6.07, 6.45) is 4.71. The van der Waals surface area contributed by atoms with Gasteiger partial charge in [0.25, 0.3) is 0 Å². The predicted molar refractivity (Wildman–Crippen MR) is 187 cm³/mol. The maximum atomic E-state index is 14.9. The number of pyridine rings is 1. The molecule has 0 amide bonds. The Balaban J connectivity index is 1.000. The van der Waals surface area contributed by atoms with Crippen LogP contribution in [0, 0.1) is 5.82 Å². The maximum Gasteiger partial charge on any atom is 0.338 e. The van der Waals surface area contributed by atoms with Crippen molar-refractivity contribution < 1.29 is 28.1 Å². The number of rotatable bonds is 12. The summed E-state index contributed by atoms with van der Waals surface area (Å²) in [5.74, 6) is 1.07. The standard InChI is InChI=1S/C38H45FN6O5/c1-38(2,3)50-37(46)26-8-9-32-34(19-26)44(22-29-12-16-48-29)35(41-32)23-43-13-10-25(11-14-43)31-6-5-7-36(42-31)49-24-28-20-33-27(18-30(28)39)21-40-45(33)15-17-47-4/h5-9,18-21,25,29H,10-17,22-24H2,1-4H3. The van der Waals surface area contributed by atoms with Gasteiger partial charge in [0, 0.05) is 42.3 Å². The number of methoxy groups -OCH3 is 1. The minimum atomic E-state index is -0.571. The van der Waals surface area contributed by atoms with Crippen LogP contribution in [-0.4, -0.2) is 80.3 Å². The molecule has 3 aromatic heterocycles. The topological polar surface area (TPSA) is 106 Å². The number of carbonyl (C=O) groups is 1. The summed E-state index contributed by atoms with van der Waals surface area (Å²) >= 11 is 0. The van der Waals surface area contributed by atoms with E-state index in [1.54, 1.807) is 25.4 Å². The Morgan fingerprint density at radius 1 is 1.04 bits per heavy atom. The van der Waals surface area contributed by atoms with Crippen LogP contribution in [0.5, 0.6) is 5.88 Å². The van der Waals surface area contributed by atoms with Gasteiger partial charge in [-0.15, -0.1) is 0 Å². The molecule has 5 heterocycles. The lowest BCUT2D eigenvalue weighted by molar-refractivity contribution is -0.0592. The first kappa shape index (κ1) is 34.1. The van der Waals surface area contributed by atoms with Gasteiger partial charge >= 0.3 is 5.97 Å². The van der Waals surface area contributed by atoms with E-state index >= 15 is 0 Å². The minimum absolute atomic E-state index is 0.0678. The molecule has 2 aliphatic heterocycles. The number of imidazole rings is 1. The molecule has 0 N–H and O–H groups in total. The van der Waals surface area contributed by atoms with Crippen LogP contribution in [-0.2, 0) is 40.5 Å². The predicted octanol–water partition coefficient (Wildman–Crippen LogP) is 6.27. The largest absolute Gasteiger partial charge is 0.473 e. The molecule has 50 heavy (non-hydrogen) atoms. The van der Waals surface area contributed by atoms with Crippen molar-refractivity contribution in [3.8, 4) is 5.88 Å². The highest BCUT2D eigenvalue weighted by atomic mass is 19.1. The molecular weight excluding hydrogens is 639 g/mol. The number of esters is 1. The van der Waals surface area contributed by atoms with Crippen molar-refractivity contribution in [1.29, 1.82) is 0 Å². The molecule has 7 rings (SSSR count). The first-order valence-corrected chi connectivity index (χ1v) is 17.4. The van der Waals surface area contributed by atoms with Crippen molar-refractivity contribution in [2.75, 3.05) is 33.4 Å². The zero-order chi connectivity index (χ0) is 34.8. The molecule has 2 fully saturated rings. The number of fused-ring (bicyclic) bond motifs is 2. The molecule has 1 atom stereocenters. The molecule has 0 radical (unpaired) electrons. The Kier molecular flexibility index (Phi) is 9.85. The van der Waals surface area contributed by atoms with Crippen molar-refractivity contribution in [2.45, 2.75) is 83.9 Å². The second-order valence-corrected chi connectivity index (χ2v) is 14.2. The summed E-state index contributed by atoms with van der Waals surface area (Å²) < 4.78 is 41.6. The molecule has 2 aliphatic rings. The van der Waals surface area contributed by atoms with Crippen LogP contribution < -0.4 is 4.74 Å². The van der Waals surface area contributed by atoms with E-state index in [-0.39, 0.29) is 30.4 Å². The van der Waals surface area contributed by atoms with Crippen LogP contribution in [0.1, 0.15) is 73.4 Å². The van der Waals surface area contributed by atoms with Gasteiger partial charge in [-0.3, -0.25) is 9.58 Å². The van der Waals surface area contributed by atoms with Crippen LogP contribution in [0.15, 0.2) is 54.7 Å². The van der Waals surface area contributed by atoms with Gasteiger partial charge in [-0.2, -0.15) is 5.10 Å². The summed E-state index contributed by atoms with van der Waals surface area (Å²) in [7, 11) is 1.65. The molecule has 5 aromatic rings. The molecule has 11 nitrogen and oxygen atoms in total. The summed E-state index contributed by atoms with van der Waals surface area (Å²) in [6, 6.07) is 14.7. The Hall–Kier alpha value is -4.39. The molecule has 264 valence electrons. The van der Waals surface area contributed by atoms with Gasteiger partial charge < -0.3 is 23.5 Å². The van der Waals surface area contributed by atoms with E-state index in [0.717, 1.165) is 72.4 Å². The fourth-order valence-electron chi connectivity index (χ4n) is 6.68. The number of nitrogens with zero attached hydrogens (tertiary/aromatic N) is 6. The van der Waals surface area contributed by atoms with E-state index in [0.29, 0.717) is 43.2 Å². The first-order chi connectivity index (χ1) is 24.1. The number of hydrogen-bond acceptors (Lipinski definition) is 9. The van der Waals surface area contributed by atoms with Crippen molar-refractivity contribution in [2.24, 2.45) is 0 Å². The quantitative estimate of drug-likeness (QED) is 0.141. The van der Waals surface area contributed by atoms with Crippen molar-refractivity contribution in [3.05, 3.63) is 83.2 Å². The van der Waals surface area contributed by atoms with Gasteiger partial charge in [-0.25, -0.2) is 19.2 Å². The van der Waals surface area contributed by atoms with E-state index in [1.165, 1.54) is 6.07 Å². The van der Waals surface area contributed by atoms with E-state index in [9.17, 15) is 9.18 Å². The van der Waals surface area contributed by atoms with Gasteiger partial charge in [-0.1, -0.05) is 6.07 Å². The molecule has 2 saturated heterocycles. The minimum Gasteiger partial charge on any atom is -0.473 e. The summed E-state index contributed by atoms with van der Waals surface area (Å²) in [6.45, 7) is 10.8. The third-order valence-electron chi connectivity index (χ3n) is 9.45. The average Bonchev–Trinajstić information content (AvgIpc) is 3.63. The number of halogens is 1. The lowest BCUT2D eigenvalue weighted by Crippen LogP contribution is -2.35. The Morgan fingerprint density at radius 2 is 1.86 bits per heavy atom. The SMILES string of the molecule is COCCn1ncc2cc(F)c(COc3cccc(C4CCN(Cc5nc6ccc(C(=O)OC(C)(C)C)cc6n5CC5CCO5)CC4)n3)cc21. The van der Waals surface area contributed by atoms with Crippen LogP contribution in [0.25, 0.3) is 21.9 Å². The lowest BCUT2D eigenvalue weighted by Gasteiger charge is -2.32. The number of benzene rings is 2. The molecule has 2 aromatic carbocycles. The summed E-state index contributed by atoms with van der Waals surface area (Å²) in [5.41, 5.74) is 4.01. The molecule has 0 saturated carbocycles. The van der Waals surface area contributed by atoms with Crippen LogP contribution in [0.2, 0.25) is 0 Å². The Morgan fingerprint density at radius 3 is 2.60 bits per heavy atom. The first-order valence-electron chi connectivity index (χ1n) is 17.4. The highest BCUT2D eigenvalue weighted by Gasteiger charge is 2.27. The number of hydrogen-bond donors (Lipinski definition) is 0. The summed E-state index contributed by atoms with van der Waals surface area (Å²) in [4.78, 5) is 25.1. The third-order valence-corrected chi connectivity index (χ3v) is 9.45. The van der Waals surface area contributed by atoms with E-state index < -0.39 is 5.60 Å². The average molecular weight is 685 g/mol. The second kappa shape index (κ2) is 14.5. The number of carbonyl (C=O) groups excluding carboxylic acids is 1. The molecule has 0 bridgehead atoms. The normalized spacial score (nSPS) is 17.3. The number of aromatic nitrogens is 5. The number of piperidine rings is 1. The van der Waals surface area contributed by atoms with Gasteiger partial charge in [-0.05, 0) is 89.5 Å². The van der Waals surface area contributed by atoms with Crippen molar-refractivity contribution in [3.63, 3.8) is 0 Å². The molecule has 0 aliphatic carbocycles. The lowest BCUT2D eigenvalue weighted by atomic mass is 9.93. The second-order valence-electron chi connectivity index (χ2n) is 14.2. The van der Waals surface area contributed by atoms with Gasteiger partial charge in [0.2, 0.25) is 5.88 Å². The molecule has 1 unspecified atom stereocenters. The van der Waals surface area contributed by atoms with Crippen LogP contribution in [0.3, 0.4) is 0 Å².